The second-order valence-corrected chi connectivity index (χ2v) is 7.31. The van der Waals surface area contributed by atoms with Crippen molar-refractivity contribution in [3.8, 4) is 0 Å². The van der Waals surface area contributed by atoms with Gasteiger partial charge >= 0.3 is 6.09 Å². The Balaban J connectivity index is 1.16. The van der Waals surface area contributed by atoms with E-state index in [2.05, 4.69) is 32.7 Å². The zero-order valence-corrected chi connectivity index (χ0v) is 15.4. The molecule has 1 aliphatic heterocycles. The first kappa shape index (κ1) is 17.6. The van der Waals surface area contributed by atoms with E-state index in [1.807, 2.05) is 36.5 Å². The number of rotatable bonds is 6. The molecule has 0 atom stereocenters. The fourth-order valence-corrected chi connectivity index (χ4v) is 3.63. The number of aromatic nitrogens is 1. The van der Waals surface area contributed by atoms with Gasteiger partial charge in [-0.1, -0.05) is 30.3 Å². The van der Waals surface area contributed by atoms with Gasteiger partial charge in [-0.15, -0.1) is 0 Å². The zero-order chi connectivity index (χ0) is 18.5. The van der Waals surface area contributed by atoms with Gasteiger partial charge in [0, 0.05) is 25.2 Å². The molecule has 2 fully saturated rings. The molecule has 2 N–H and O–H groups in total. The van der Waals surface area contributed by atoms with Crippen LogP contribution >= 0.6 is 0 Å². The van der Waals surface area contributed by atoms with Crippen LogP contribution in [0.25, 0.3) is 0 Å². The second kappa shape index (κ2) is 8.29. The van der Waals surface area contributed by atoms with Crippen LogP contribution in [0.1, 0.15) is 31.2 Å². The third kappa shape index (κ3) is 4.70. The van der Waals surface area contributed by atoms with Gasteiger partial charge in [-0.05, 0) is 43.4 Å². The molecule has 1 saturated carbocycles. The third-order valence-electron chi connectivity index (χ3n) is 5.22. The standard InChI is InChI=1S/C21H26N4O2/c26-21(27-15-16-6-2-1-3-7-16)24-19-12-18(13-19)23-17-8-9-20(22-14-17)25-10-4-5-11-25/h1-3,6-9,14,18-19,23H,4-5,10-13,15H2,(H,24,26). The van der Waals surface area contributed by atoms with Crippen LogP contribution in [-0.2, 0) is 11.3 Å². The van der Waals surface area contributed by atoms with E-state index in [0.29, 0.717) is 12.6 Å². The van der Waals surface area contributed by atoms with E-state index in [4.69, 9.17) is 4.74 Å². The predicted molar refractivity (Wildman–Crippen MR) is 106 cm³/mol. The Morgan fingerprint density at radius 1 is 1.07 bits per heavy atom. The van der Waals surface area contributed by atoms with Gasteiger partial charge in [-0.25, -0.2) is 9.78 Å². The van der Waals surface area contributed by atoms with Crippen molar-refractivity contribution in [2.24, 2.45) is 0 Å². The molecule has 6 heteroatoms. The van der Waals surface area contributed by atoms with Crippen molar-refractivity contribution >= 4 is 17.6 Å². The van der Waals surface area contributed by atoms with Gasteiger partial charge in [0.25, 0.3) is 0 Å². The molecule has 1 amide bonds. The third-order valence-corrected chi connectivity index (χ3v) is 5.22. The van der Waals surface area contributed by atoms with Crippen LogP contribution in [0.3, 0.4) is 0 Å². The second-order valence-electron chi connectivity index (χ2n) is 7.31. The molecule has 27 heavy (non-hydrogen) atoms. The number of alkyl carbamates (subject to hydrolysis) is 1. The van der Waals surface area contributed by atoms with Gasteiger partial charge in [0.1, 0.15) is 12.4 Å². The van der Waals surface area contributed by atoms with Crippen molar-refractivity contribution in [1.29, 1.82) is 0 Å². The molecule has 1 aliphatic carbocycles. The highest BCUT2D eigenvalue weighted by molar-refractivity contribution is 5.67. The lowest BCUT2D eigenvalue weighted by Crippen LogP contribution is -2.49. The predicted octanol–water partition coefficient (Wildman–Crippen LogP) is 3.55. The van der Waals surface area contributed by atoms with Gasteiger partial charge in [-0.3, -0.25) is 0 Å². The quantitative estimate of drug-likeness (QED) is 0.818. The minimum absolute atomic E-state index is 0.169. The minimum Gasteiger partial charge on any atom is -0.445 e. The van der Waals surface area contributed by atoms with E-state index < -0.39 is 0 Å². The van der Waals surface area contributed by atoms with E-state index in [1.165, 1.54) is 12.8 Å². The van der Waals surface area contributed by atoms with Crippen molar-refractivity contribution in [3.63, 3.8) is 0 Å². The molecule has 2 heterocycles. The van der Waals surface area contributed by atoms with Gasteiger partial charge < -0.3 is 20.3 Å². The van der Waals surface area contributed by atoms with Crippen LogP contribution in [0.5, 0.6) is 0 Å². The highest BCUT2D eigenvalue weighted by Crippen LogP contribution is 2.25. The summed E-state index contributed by atoms with van der Waals surface area (Å²) in [6, 6.07) is 14.4. The first-order chi connectivity index (χ1) is 13.3. The number of carbonyl (C=O) groups is 1. The topological polar surface area (TPSA) is 66.5 Å². The van der Waals surface area contributed by atoms with E-state index >= 15 is 0 Å². The normalized spacial score (nSPS) is 21.4. The average molecular weight is 366 g/mol. The molecule has 0 unspecified atom stereocenters. The van der Waals surface area contributed by atoms with E-state index in [-0.39, 0.29) is 12.1 Å². The summed E-state index contributed by atoms with van der Waals surface area (Å²) in [5.41, 5.74) is 2.03. The van der Waals surface area contributed by atoms with Crippen LogP contribution in [0.15, 0.2) is 48.7 Å². The van der Waals surface area contributed by atoms with E-state index in [0.717, 1.165) is 43.0 Å². The molecular formula is C21H26N4O2. The molecule has 0 radical (unpaired) electrons. The summed E-state index contributed by atoms with van der Waals surface area (Å²) in [5.74, 6) is 1.06. The highest BCUT2D eigenvalue weighted by Gasteiger charge is 2.30. The van der Waals surface area contributed by atoms with E-state index in [1.54, 1.807) is 0 Å². The maximum Gasteiger partial charge on any atom is 0.407 e. The smallest absolute Gasteiger partial charge is 0.407 e. The summed E-state index contributed by atoms with van der Waals surface area (Å²) in [6.07, 6.45) is 5.86. The molecule has 2 aliphatic rings. The maximum absolute atomic E-state index is 11.9. The van der Waals surface area contributed by atoms with E-state index in [9.17, 15) is 4.79 Å². The summed E-state index contributed by atoms with van der Waals surface area (Å²) >= 11 is 0. The van der Waals surface area contributed by atoms with Crippen molar-refractivity contribution in [3.05, 3.63) is 54.2 Å². The maximum atomic E-state index is 11.9. The fourth-order valence-electron chi connectivity index (χ4n) is 3.63. The molecular weight excluding hydrogens is 340 g/mol. The largest absolute Gasteiger partial charge is 0.445 e. The number of hydrogen-bond donors (Lipinski definition) is 2. The number of anilines is 2. The number of ether oxygens (including phenoxy) is 1. The first-order valence-electron chi connectivity index (χ1n) is 9.71. The lowest BCUT2D eigenvalue weighted by Gasteiger charge is -2.36. The first-order valence-corrected chi connectivity index (χ1v) is 9.71. The molecule has 1 aromatic carbocycles. The molecule has 0 bridgehead atoms. The Hall–Kier alpha value is -2.76. The van der Waals surface area contributed by atoms with Crippen LogP contribution in [0.4, 0.5) is 16.3 Å². The van der Waals surface area contributed by atoms with Crippen LogP contribution in [-0.4, -0.2) is 36.3 Å². The highest BCUT2D eigenvalue weighted by atomic mass is 16.5. The summed E-state index contributed by atoms with van der Waals surface area (Å²) in [7, 11) is 0. The zero-order valence-electron chi connectivity index (χ0n) is 15.4. The average Bonchev–Trinajstić information content (AvgIpc) is 3.21. The Kier molecular flexibility index (Phi) is 5.42. The summed E-state index contributed by atoms with van der Waals surface area (Å²) in [6.45, 7) is 2.52. The number of benzene rings is 1. The van der Waals surface area contributed by atoms with Crippen LogP contribution in [0.2, 0.25) is 0 Å². The van der Waals surface area contributed by atoms with Crippen LogP contribution < -0.4 is 15.5 Å². The Labute approximate surface area is 159 Å². The number of nitrogens with one attached hydrogen (secondary N) is 2. The number of amides is 1. The van der Waals surface area contributed by atoms with Gasteiger partial charge in [0.05, 0.1) is 11.9 Å². The number of carbonyl (C=O) groups excluding carboxylic acids is 1. The number of pyridine rings is 1. The molecule has 4 rings (SSSR count). The molecule has 2 aromatic rings. The van der Waals surface area contributed by atoms with Gasteiger partial charge in [0.2, 0.25) is 0 Å². The Morgan fingerprint density at radius 2 is 1.85 bits per heavy atom. The van der Waals surface area contributed by atoms with Crippen molar-refractivity contribution in [2.75, 3.05) is 23.3 Å². The van der Waals surface area contributed by atoms with Gasteiger partial charge in [-0.2, -0.15) is 0 Å². The lowest BCUT2D eigenvalue weighted by molar-refractivity contribution is 0.129. The lowest BCUT2D eigenvalue weighted by atomic mass is 9.87. The molecule has 6 nitrogen and oxygen atoms in total. The molecule has 1 aromatic heterocycles. The number of nitrogens with zero attached hydrogens (tertiary/aromatic N) is 2. The van der Waals surface area contributed by atoms with Crippen molar-refractivity contribution in [2.45, 2.75) is 44.4 Å². The van der Waals surface area contributed by atoms with Crippen LogP contribution in [0, 0.1) is 0 Å². The van der Waals surface area contributed by atoms with Crippen molar-refractivity contribution in [1.82, 2.24) is 10.3 Å². The molecule has 0 spiro atoms. The van der Waals surface area contributed by atoms with Crippen molar-refractivity contribution < 1.29 is 9.53 Å². The monoisotopic (exact) mass is 366 g/mol. The summed E-state index contributed by atoms with van der Waals surface area (Å²) in [4.78, 5) is 18.8. The Morgan fingerprint density at radius 3 is 2.56 bits per heavy atom. The Bertz CT molecular complexity index is 739. The fraction of sp³-hybridized carbons (Fsp3) is 0.429. The summed E-state index contributed by atoms with van der Waals surface area (Å²) in [5, 5.41) is 6.41. The molecule has 1 saturated heterocycles. The van der Waals surface area contributed by atoms with Gasteiger partial charge in [0.15, 0.2) is 0 Å². The summed E-state index contributed by atoms with van der Waals surface area (Å²) < 4.78 is 5.26. The minimum atomic E-state index is -0.348. The SMILES string of the molecule is O=C(NC1CC(Nc2ccc(N3CCCC3)nc2)C1)OCc1ccccc1. The number of hydrogen-bond acceptors (Lipinski definition) is 5. The molecule has 142 valence electrons.